The zero-order chi connectivity index (χ0) is 33.1. The highest BCUT2D eigenvalue weighted by Gasteiger charge is 2.42. The van der Waals surface area contributed by atoms with Crippen molar-refractivity contribution in [3.05, 3.63) is 106 Å². The van der Waals surface area contributed by atoms with E-state index < -0.39 is 29.6 Å². The van der Waals surface area contributed by atoms with Crippen LogP contribution < -0.4 is 20.3 Å². The number of aromatic amines is 1. The molecule has 13 nitrogen and oxygen atoms in total. The van der Waals surface area contributed by atoms with Crippen LogP contribution in [0.1, 0.15) is 43.2 Å². The zero-order valence-corrected chi connectivity index (χ0v) is 26.4. The summed E-state index contributed by atoms with van der Waals surface area (Å²) in [5, 5.41) is 21.8. The number of carbonyl (C=O) groups is 1. The Morgan fingerprint density at radius 3 is 2.17 bits per heavy atom. The number of aliphatic hydroxyl groups is 1. The van der Waals surface area contributed by atoms with Gasteiger partial charge in [0.25, 0.3) is 5.56 Å². The Kier molecular flexibility index (Phi) is 9.03. The number of nitrogens with one attached hydrogen (secondary N) is 2. The number of methoxy groups -OCH3 is 2. The van der Waals surface area contributed by atoms with E-state index in [0.29, 0.717) is 11.5 Å². The SMILES string of the molecule is COc1ccc(C(OC[C@@H]2C[C@H](O)[C@H](n3nnc4c(=O)[nH]c(NC(=O)C(C)C)nc43)O2)(c2ccccc2)c2ccc(OC)cc2)cc1. The Morgan fingerprint density at radius 1 is 1.00 bits per heavy atom. The number of ether oxygens (including phenoxy) is 4. The summed E-state index contributed by atoms with van der Waals surface area (Å²) in [6, 6.07) is 25.2. The minimum atomic E-state index is -1.08. The highest BCUT2D eigenvalue weighted by molar-refractivity contribution is 5.91. The van der Waals surface area contributed by atoms with Gasteiger partial charge in [-0.1, -0.05) is 73.7 Å². The monoisotopic (exact) mass is 640 g/mol. The molecular formula is C34H36N6O7. The molecule has 0 unspecified atom stereocenters. The normalized spacial score (nSPS) is 18.0. The first-order valence-corrected chi connectivity index (χ1v) is 15.2. The van der Waals surface area contributed by atoms with E-state index in [4.69, 9.17) is 18.9 Å². The van der Waals surface area contributed by atoms with Crippen molar-refractivity contribution < 1.29 is 28.8 Å². The third-order valence-electron chi connectivity index (χ3n) is 8.17. The molecule has 1 aliphatic rings. The average molecular weight is 641 g/mol. The fourth-order valence-electron chi connectivity index (χ4n) is 5.68. The number of amides is 1. The van der Waals surface area contributed by atoms with Gasteiger partial charge < -0.3 is 24.1 Å². The molecule has 244 valence electrons. The van der Waals surface area contributed by atoms with Gasteiger partial charge in [-0.15, -0.1) is 5.10 Å². The number of benzene rings is 3. The van der Waals surface area contributed by atoms with Crippen molar-refractivity contribution >= 4 is 23.0 Å². The van der Waals surface area contributed by atoms with E-state index in [-0.39, 0.29) is 42.0 Å². The molecule has 0 radical (unpaired) electrons. The summed E-state index contributed by atoms with van der Waals surface area (Å²) in [5.41, 5.74) is 0.938. The lowest BCUT2D eigenvalue weighted by Gasteiger charge is -2.37. The molecule has 3 N–H and O–H groups in total. The first kappa shape index (κ1) is 31.9. The minimum absolute atomic E-state index is 0.0508. The second-order valence-corrected chi connectivity index (χ2v) is 11.5. The second kappa shape index (κ2) is 13.3. The van der Waals surface area contributed by atoms with Crippen molar-refractivity contribution in [2.24, 2.45) is 5.92 Å². The van der Waals surface area contributed by atoms with Gasteiger partial charge in [0.2, 0.25) is 11.9 Å². The highest BCUT2D eigenvalue weighted by atomic mass is 16.6. The molecule has 5 aromatic rings. The van der Waals surface area contributed by atoms with Gasteiger partial charge in [-0.2, -0.15) is 9.67 Å². The smallest absolute Gasteiger partial charge is 0.282 e. The van der Waals surface area contributed by atoms with E-state index in [0.717, 1.165) is 16.7 Å². The van der Waals surface area contributed by atoms with E-state index in [9.17, 15) is 14.7 Å². The molecule has 1 fully saturated rings. The van der Waals surface area contributed by atoms with Crippen molar-refractivity contribution in [2.45, 2.75) is 44.3 Å². The molecule has 1 amide bonds. The number of anilines is 1. The van der Waals surface area contributed by atoms with Crippen LogP contribution in [-0.4, -0.2) is 69.0 Å². The maximum Gasteiger partial charge on any atom is 0.282 e. The fraction of sp³-hybridized carbons (Fsp3) is 0.324. The van der Waals surface area contributed by atoms with E-state index >= 15 is 0 Å². The van der Waals surface area contributed by atoms with Crippen LogP contribution in [0.2, 0.25) is 0 Å². The molecule has 1 saturated heterocycles. The Hall–Kier alpha value is -5.11. The zero-order valence-electron chi connectivity index (χ0n) is 26.4. The summed E-state index contributed by atoms with van der Waals surface area (Å²) in [5.74, 6) is 0.698. The van der Waals surface area contributed by atoms with Gasteiger partial charge in [0.1, 0.15) is 23.2 Å². The number of hydrogen-bond acceptors (Lipinski definition) is 10. The Morgan fingerprint density at radius 2 is 1.60 bits per heavy atom. The van der Waals surface area contributed by atoms with Gasteiger partial charge in [0, 0.05) is 12.3 Å². The number of aliphatic hydroxyl groups excluding tert-OH is 1. The van der Waals surface area contributed by atoms with Crippen LogP contribution >= 0.6 is 0 Å². The first-order valence-electron chi connectivity index (χ1n) is 15.2. The third kappa shape index (κ3) is 6.20. The summed E-state index contributed by atoms with van der Waals surface area (Å²) in [7, 11) is 3.23. The molecule has 0 saturated carbocycles. The predicted molar refractivity (Wildman–Crippen MR) is 172 cm³/mol. The summed E-state index contributed by atoms with van der Waals surface area (Å²) in [6.45, 7) is 3.52. The van der Waals surface area contributed by atoms with E-state index in [1.165, 1.54) is 4.68 Å². The van der Waals surface area contributed by atoms with Gasteiger partial charge in [0.15, 0.2) is 17.4 Å². The first-order chi connectivity index (χ1) is 22.7. The lowest BCUT2D eigenvalue weighted by molar-refractivity contribution is -0.118. The molecule has 0 aliphatic carbocycles. The third-order valence-corrected chi connectivity index (χ3v) is 8.17. The number of rotatable bonds is 11. The predicted octanol–water partition coefficient (Wildman–Crippen LogP) is 3.78. The summed E-state index contributed by atoms with van der Waals surface area (Å²) in [6.07, 6.45) is -2.39. The van der Waals surface area contributed by atoms with Crippen LogP contribution in [0.3, 0.4) is 0 Å². The van der Waals surface area contributed by atoms with Crippen molar-refractivity contribution in [1.29, 1.82) is 0 Å². The minimum Gasteiger partial charge on any atom is -0.497 e. The maximum absolute atomic E-state index is 12.7. The number of carbonyl (C=O) groups excluding carboxylic acids is 1. The second-order valence-electron chi connectivity index (χ2n) is 11.5. The van der Waals surface area contributed by atoms with Gasteiger partial charge in [0.05, 0.1) is 26.9 Å². The fourth-order valence-corrected chi connectivity index (χ4v) is 5.68. The van der Waals surface area contributed by atoms with Crippen LogP contribution in [0.5, 0.6) is 11.5 Å². The van der Waals surface area contributed by atoms with Crippen LogP contribution in [0.15, 0.2) is 83.7 Å². The molecule has 6 rings (SSSR count). The van der Waals surface area contributed by atoms with Crippen LogP contribution in [0.25, 0.3) is 11.2 Å². The quantitative estimate of drug-likeness (QED) is 0.181. The van der Waals surface area contributed by atoms with E-state index in [2.05, 4.69) is 25.6 Å². The molecule has 1 aliphatic heterocycles. The average Bonchev–Trinajstić information content (AvgIpc) is 3.68. The van der Waals surface area contributed by atoms with Gasteiger partial charge in [-0.25, -0.2) is 0 Å². The van der Waals surface area contributed by atoms with Crippen molar-refractivity contribution in [3.63, 3.8) is 0 Å². The molecule has 3 aromatic carbocycles. The molecule has 0 spiro atoms. The lowest BCUT2D eigenvalue weighted by Crippen LogP contribution is -2.35. The number of fused-ring (bicyclic) bond motifs is 1. The molecule has 3 atom stereocenters. The topological polar surface area (TPSA) is 163 Å². The van der Waals surface area contributed by atoms with E-state index in [1.807, 2.05) is 78.9 Å². The maximum atomic E-state index is 12.7. The molecular weight excluding hydrogens is 604 g/mol. The van der Waals surface area contributed by atoms with Gasteiger partial charge in [-0.3, -0.25) is 19.9 Å². The largest absolute Gasteiger partial charge is 0.497 e. The highest BCUT2D eigenvalue weighted by Crippen LogP contribution is 2.42. The number of H-pyrrole nitrogens is 1. The lowest BCUT2D eigenvalue weighted by atomic mass is 9.80. The molecule has 47 heavy (non-hydrogen) atoms. The van der Waals surface area contributed by atoms with Gasteiger partial charge in [-0.05, 0) is 41.0 Å². The molecule has 0 bridgehead atoms. The standard InChI is InChI=1S/C34H36N6O7/c1-20(2)30(42)36-33-35-29-28(31(43)37-33)38-39-40(29)32-27(41)18-26(47-32)19-46-34(21-8-6-5-7-9-21,22-10-14-24(44-3)15-11-22)23-12-16-25(45-4)17-13-23/h5-17,20,26-27,32,41H,18-19H2,1-4H3,(H2,35,36,37,42,43)/t26-,27-,32+/m0/s1. The van der Waals surface area contributed by atoms with Crippen LogP contribution in [-0.2, 0) is 19.9 Å². The van der Waals surface area contributed by atoms with Crippen LogP contribution in [0, 0.1) is 5.92 Å². The molecule has 2 aromatic heterocycles. The molecule has 3 heterocycles. The van der Waals surface area contributed by atoms with Crippen LogP contribution in [0.4, 0.5) is 5.95 Å². The summed E-state index contributed by atoms with van der Waals surface area (Å²) < 4.78 is 25.4. The number of nitrogens with zero attached hydrogens (tertiary/aromatic N) is 4. The number of hydrogen-bond donors (Lipinski definition) is 3. The summed E-state index contributed by atoms with van der Waals surface area (Å²) >= 11 is 0. The Balaban J connectivity index is 1.33. The number of aromatic nitrogens is 5. The summed E-state index contributed by atoms with van der Waals surface area (Å²) in [4.78, 5) is 31.8. The molecule has 13 heteroatoms. The van der Waals surface area contributed by atoms with E-state index in [1.54, 1.807) is 28.1 Å². The van der Waals surface area contributed by atoms with Crippen molar-refractivity contribution in [3.8, 4) is 11.5 Å². The van der Waals surface area contributed by atoms with Crippen molar-refractivity contribution in [1.82, 2.24) is 25.0 Å². The van der Waals surface area contributed by atoms with Gasteiger partial charge >= 0.3 is 0 Å². The van der Waals surface area contributed by atoms with Crippen molar-refractivity contribution in [2.75, 3.05) is 26.1 Å². The Bertz CT molecular complexity index is 1840. The Labute approximate surface area is 270 Å².